The highest BCUT2D eigenvalue weighted by atomic mass is 16.2. The minimum Gasteiger partial charge on any atom is -0.349 e. The largest absolute Gasteiger partial charge is 0.349 e. The van der Waals surface area contributed by atoms with Crippen LogP contribution in [0.5, 0.6) is 0 Å². The zero-order valence-electron chi connectivity index (χ0n) is 10.1. The van der Waals surface area contributed by atoms with E-state index in [0.29, 0.717) is 12.2 Å². The lowest BCUT2D eigenvalue weighted by Gasteiger charge is -2.27. The first-order valence-electron chi connectivity index (χ1n) is 5.96. The molecule has 0 atom stereocenters. The van der Waals surface area contributed by atoms with Gasteiger partial charge >= 0.3 is 0 Å². The van der Waals surface area contributed by atoms with E-state index in [0.717, 1.165) is 32.7 Å². The Morgan fingerprint density at radius 3 is 2.94 bits per heavy atom. The van der Waals surface area contributed by atoms with Crippen LogP contribution in [0.4, 0.5) is 0 Å². The van der Waals surface area contributed by atoms with Crippen molar-refractivity contribution in [1.82, 2.24) is 25.3 Å². The van der Waals surface area contributed by atoms with E-state index in [1.54, 1.807) is 24.0 Å². The van der Waals surface area contributed by atoms with Crippen LogP contribution in [0.1, 0.15) is 10.5 Å². The lowest BCUT2D eigenvalue weighted by atomic mass is 10.3. The molecule has 1 saturated heterocycles. The Morgan fingerprint density at radius 1 is 1.53 bits per heavy atom. The molecule has 0 saturated carbocycles. The van der Waals surface area contributed by atoms with Crippen molar-refractivity contribution < 1.29 is 4.79 Å². The summed E-state index contributed by atoms with van der Waals surface area (Å²) in [5, 5.41) is 10.2. The van der Waals surface area contributed by atoms with Crippen molar-refractivity contribution in [2.45, 2.75) is 0 Å². The van der Waals surface area contributed by atoms with Crippen molar-refractivity contribution in [3.8, 4) is 0 Å². The molecule has 94 valence electrons. The summed E-state index contributed by atoms with van der Waals surface area (Å²) >= 11 is 0. The average molecular weight is 237 g/mol. The summed E-state index contributed by atoms with van der Waals surface area (Å²) in [7, 11) is 1.77. The molecule has 1 aliphatic heterocycles. The standard InChI is InChI=1S/C11H19N5O/c1-15-10(2-3-14-15)11(17)13-6-9-16-7-4-12-5-8-16/h2-3,12H,4-9H2,1H3,(H,13,17). The van der Waals surface area contributed by atoms with E-state index in [1.165, 1.54) is 0 Å². The van der Waals surface area contributed by atoms with E-state index in [9.17, 15) is 4.79 Å². The van der Waals surface area contributed by atoms with Crippen molar-refractivity contribution in [2.75, 3.05) is 39.3 Å². The third-order valence-corrected chi connectivity index (χ3v) is 2.98. The van der Waals surface area contributed by atoms with Crippen molar-refractivity contribution in [3.63, 3.8) is 0 Å². The second-order valence-corrected chi connectivity index (χ2v) is 4.19. The molecule has 1 aromatic heterocycles. The summed E-state index contributed by atoms with van der Waals surface area (Å²) in [6, 6.07) is 1.72. The topological polar surface area (TPSA) is 62.2 Å². The maximum atomic E-state index is 11.8. The molecule has 1 fully saturated rings. The van der Waals surface area contributed by atoms with Crippen molar-refractivity contribution in [2.24, 2.45) is 7.05 Å². The third kappa shape index (κ3) is 3.28. The van der Waals surface area contributed by atoms with Crippen LogP contribution in [-0.4, -0.2) is 59.9 Å². The number of aromatic nitrogens is 2. The molecule has 6 heteroatoms. The highest BCUT2D eigenvalue weighted by Crippen LogP contribution is 1.95. The van der Waals surface area contributed by atoms with Crippen LogP contribution < -0.4 is 10.6 Å². The smallest absolute Gasteiger partial charge is 0.269 e. The number of hydrogen-bond acceptors (Lipinski definition) is 4. The lowest BCUT2D eigenvalue weighted by molar-refractivity contribution is 0.0938. The van der Waals surface area contributed by atoms with Gasteiger partial charge in [0.2, 0.25) is 0 Å². The van der Waals surface area contributed by atoms with Gasteiger partial charge in [-0.15, -0.1) is 0 Å². The van der Waals surface area contributed by atoms with E-state index >= 15 is 0 Å². The van der Waals surface area contributed by atoms with Gasteiger partial charge in [0.15, 0.2) is 0 Å². The Hall–Kier alpha value is -1.40. The summed E-state index contributed by atoms with van der Waals surface area (Å²) in [6.07, 6.45) is 1.63. The van der Waals surface area contributed by atoms with Crippen molar-refractivity contribution >= 4 is 5.91 Å². The number of carbonyl (C=O) groups is 1. The molecular formula is C11H19N5O. The predicted molar refractivity (Wildman–Crippen MR) is 64.9 cm³/mol. The van der Waals surface area contributed by atoms with Gasteiger partial charge < -0.3 is 10.6 Å². The SMILES string of the molecule is Cn1nccc1C(=O)NCCN1CCNCC1. The Bertz CT molecular complexity index is 370. The molecule has 0 aromatic carbocycles. The zero-order chi connectivity index (χ0) is 12.1. The van der Waals surface area contributed by atoms with Gasteiger partial charge in [-0.25, -0.2) is 0 Å². The highest BCUT2D eigenvalue weighted by Gasteiger charge is 2.11. The molecule has 1 aromatic rings. The maximum absolute atomic E-state index is 11.8. The van der Waals surface area contributed by atoms with Gasteiger partial charge in [-0.1, -0.05) is 0 Å². The first-order chi connectivity index (χ1) is 8.27. The molecule has 0 aliphatic carbocycles. The minimum absolute atomic E-state index is 0.0554. The Morgan fingerprint density at radius 2 is 2.29 bits per heavy atom. The molecular weight excluding hydrogens is 218 g/mol. The van der Waals surface area contributed by atoms with Crippen LogP contribution in [-0.2, 0) is 7.05 Å². The van der Waals surface area contributed by atoms with Crippen LogP contribution in [0.15, 0.2) is 12.3 Å². The molecule has 0 spiro atoms. The molecule has 2 rings (SSSR count). The molecule has 2 N–H and O–H groups in total. The lowest BCUT2D eigenvalue weighted by Crippen LogP contribution is -2.46. The first-order valence-corrected chi connectivity index (χ1v) is 5.96. The van der Waals surface area contributed by atoms with E-state index in [4.69, 9.17) is 0 Å². The molecule has 1 aliphatic rings. The van der Waals surface area contributed by atoms with Crippen LogP contribution >= 0.6 is 0 Å². The van der Waals surface area contributed by atoms with Gasteiger partial charge in [0.05, 0.1) is 0 Å². The molecule has 6 nitrogen and oxygen atoms in total. The minimum atomic E-state index is -0.0554. The number of amides is 1. The van der Waals surface area contributed by atoms with Crippen LogP contribution in [0.2, 0.25) is 0 Å². The number of rotatable bonds is 4. The number of nitrogens with one attached hydrogen (secondary N) is 2. The average Bonchev–Trinajstić information content (AvgIpc) is 2.77. The number of nitrogens with zero attached hydrogens (tertiary/aromatic N) is 3. The first kappa shape index (κ1) is 12.1. The predicted octanol–water partition coefficient (Wildman–Crippen LogP) is -0.945. The van der Waals surface area contributed by atoms with Gasteiger partial charge in [0, 0.05) is 52.5 Å². The maximum Gasteiger partial charge on any atom is 0.269 e. The van der Waals surface area contributed by atoms with Crippen LogP contribution in [0.3, 0.4) is 0 Å². The van der Waals surface area contributed by atoms with Gasteiger partial charge in [-0.2, -0.15) is 5.10 Å². The molecule has 17 heavy (non-hydrogen) atoms. The van der Waals surface area contributed by atoms with Gasteiger partial charge in [-0.05, 0) is 6.07 Å². The Balaban J connectivity index is 1.71. The van der Waals surface area contributed by atoms with Gasteiger partial charge in [0.25, 0.3) is 5.91 Å². The normalized spacial score (nSPS) is 17.0. The number of aryl methyl sites for hydroxylation is 1. The number of hydrogen-bond donors (Lipinski definition) is 2. The fraction of sp³-hybridized carbons (Fsp3) is 0.636. The second-order valence-electron chi connectivity index (χ2n) is 4.19. The van der Waals surface area contributed by atoms with Gasteiger partial charge in [-0.3, -0.25) is 14.4 Å². The van der Waals surface area contributed by atoms with Crippen LogP contribution in [0.25, 0.3) is 0 Å². The summed E-state index contributed by atoms with van der Waals surface area (Å²) in [5.74, 6) is -0.0554. The summed E-state index contributed by atoms with van der Waals surface area (Å²) in [6.45, 7) is 5.78. The van der Waals surface area contributed by atoms with E-state index < -0.39 is 0 Å². The molecule has 0 bridgehead atoms. The number of piperazine rings is 1. The summed E-state index contributed by atoms with van der Waals surface area (Å²) in [5.41, 5.74) is 0.602. The molecule has 1 amide bonds. The van der Waals surface area contributed by atoms with Crippen molar-refractivity contribution in [1.29, 1.82) is 0 Å². The van der Waals surface area contributed by atoms with E-state index in [-0.39, 0.29) is 5.91 Å². The van der Waals surface area contributed by atoms with Crippen LogP contribution in [0, 0.1) is 0 Å². The van der Waals surface area contributed by atoms with E-state index in [1.807, 2.05) is 0 Å². The number of carbonyl (C=O) groups excluding carboxylic acids is 1. The summed E-state index contributed by atoms with van der Waals surface area (Å²) < 4.78 is 1.58. The second kappa shape index (κ2) is 5.79. The third-order valence-electron chi connectivity index (χ3n) is 2.98. The fourth-order valence-corrected chi connectivity index (χ4v) is 1.95. The molecule has 2 heterocycles. The zero-order valence-corrected chi connectivity index (χ0v) is 10.1. The Labute approximate surface area is 101 Å². The fourth-order valence-electron chi connectivity index (χ4n) is 1.95. The van der Waals surface area contributed by atoms with Gasteiger partial charge in [0.1, 0.15) is 5.69 Å². The molecule has 0 unspecified atom stereocenters. The Kier molecular flexibility index (Phi) is 4.11. The quantitative estimate of drug-likeness (QED) is 0.709. The highest BCUT2D eigenvalue weighted by molar-refractivity contribution is 5.92. The monoisotopic (exact) mass is 237 g/mol. The van der Waals surface area contributed by atoms with Crippen molar-refractivity contribution in [3.05, 3.63) is 18.0 Å². The van der Waals surface area contributed by atoms with E-state index in [2.05, 4.69) is 20.6 Å². The summed E-state index contributed by atoms with van der Waals surface area (Å²) in [4.78, 5) is 14.1. The molecule has 0 radical (unpaired) electrons.